The van der Waals surface area contributed by atoms with Crippen molar-refractivity contribution in [1.29, 1.82) is 0 Å². The molecule has 0 saturated carbocycles. The lowest BCUT2D eigenvalue weighted by Gasteiger charge is -2.53. The quantitative estimate of drug-likeness (QED) is 0.0943. The molecule has 1 aliphatic rings. The molecule has 1 amide bonds. The first-order chi connectivity index (χ1) is 24.1. The van der Waals surface area contributed by atoms with Crippen LogP contribution in [-0.2, 0) is 46.5 Å². The number of unbranched alkanes of at least 4 members (excludes halogenated alkanes) is 10. The van der Waals surface area contributed by atoms with Gasteiger partial charge in [-0.15, -0.1) is 0 Å². The molecule has 0 aromatic heterocycles. The van der Waals surface area contributed by atoms with Crippen molar-refractivity contribution in [2.75, 3.05) is 6.61 Å². The van der Waals surface area contributed by atoms with Crippen LogP contribution in [0.5, 0.6) is 0 Å². The minimum atomic E-state index is -3.01. The first-order valence-corrected chi connectivity index (χ1v) is 18.2. The molecule has 0 radical (unpaired) electrons. The van der Waals surface area contributed by atoms with Crippen molar-refractivity contribution in [3.05, 3.63) is 71.8 Å². The Morgan fingerprint density at radius 2 is 1.26 bits per heavy atom. The predicted molar refractivity (Wildman–Crippen MR) is 187 cm³/mol. The van der Waals surface area contributed by atoms with E-state index in [2.05, 4.69) is 12.2 Å². The Bertz CT molecular complexity index is 1290. The van der Waals surface area contributed by atoms with Crippen molar-refractivity contribution < 1.29 is 48.7 Å². The SMILES string of the molecule is CCCCCCCCCCCCCC(=O)N[C@H]1[C@](OC(C)C)(C(=O)OCc2ccccc2)O[C@H](CO)[C@@H](O)[C@@]1(O)C(=O)OCc1ccccc1. The van der Waals surface area contributed by atoms with Gasteiger partial charge in [0.2, 0.25) is 11.5 Å². The third kappa shape index (κ3) is 11.6. The fourth-order valence-corrected chi connectivity index (χ4v) is 6.19. The second-order valence-corrected chi connectivity index (χ2v) is 13.4. The topological polar surface area (TPSA) is 161 Å². The number of nitrogens with one attached hydrogen (secondary N) is 1. The summed E-state index contributed by atoms with van der Waals surface area (Å²) in [5.74, 6) is -5.79. The number of amides is 1. The van der Waals surface area contributed by atoms with Gasteiger partial charge in [-0.25, -0.2) is 9.59 Å². The number of hydrogen-bond acceptors (Lipinski definition) is 10. The van der Waals surface area contributed by atoms with E-state index >= 15 is 0 Å². The molecule has 0 unspecified atom stereocenters. The van der Waals surface area contributed by atoms with Gasteiger partial charge in [0.15, 0.2) is 0 Å². The van der Waals surface area contributed by atoms with Crippen molar-refractivity contribution in [3.8, 4) is 0 Å². The van der Waals surface area contributed by atoms with Crippen LogP contribution in [-0.4, -0.2) is 75.5 Å². The normalized spacial score (nSPS) is 23.4. The first kappa shape index (κ1) is 41.1. The average Bonchev–Trinajstić information content (AvgIpc) is 3.12. The highest BCUT2D eigenvalue weighted by molar-refractivity contribution is 5.89. The Balaban J connectivity index is 1.84. The minimum Gasteiger partial charge on any atom is -0.459 e. The van der Waals surface area contributed by atoms with Gasteiger partial charge >= 0.3 is 11.9 Å². The Morgan fingerprint density at radius 1 is 0.780 bits per heavy atom. The van der Waals surface area contributed by atoms with Crippen molar-refractivity contribution >= 4 is 17.8 Å². The van der Waals surface area contributed by atoms with E-state index in [0.717, 1.165) is 25.7 Å². The molecular weight excluding hydrogens is 642 g/mol. The molecule has 278 valence electrons. The smallest absolute Gasteiger partial charge is 0.369 e. The molecular formula is C39H57NO10. The third-order valence-electron chi connectivity index (χ3n) is 8.89. The van der Waals surface area contributed by atoms with Gasteiger partial charge in [-0.2, -0.15) is 0 Å². The van der Waals surface area contributed by atoms with Crippen LogP contribution in [0.2, 0.25) is 0 Å². The molecule has 0 bridgehead atoms. The number of aliphatic hydroxyl groups is 3. The summed E-state index contributed by atoms with van der Waals surface area (Å²) < 4.78 is 23.1. The van der Waals surface area contributed by atoms with E-state index in [-0.39, 0.29) is 19.6 Å². The van der Waals surface area contributed by atoms with Crippen LogP contribution < -0.4 is 5.32 Å². The second-order valence-electron chi connectivity index (χ2n) is 13.4. The molecule has 11 nitrogen and oxygen atoms in total. The van der Waals surface area contributed by atoms with E-state index in [9.17, 15) is 29.7 Å². The Labute approximate surface area is 296 Å². The molecule has 3 rings (SSSR count). The molecule has 1 heterocycles. The van der Waals surface area contributed by atoms with Crippen molar-refractivity contribution in [2.24, 2.45) is 0 Å². The lowest BCUT2D eigenvalue weighted by atomic mass is 9.77. The zero-order valence-corrected chi connectivity index (χ0v) is 29.9. The molecule has 1 saturated heterocycles. The number of rotatable bonds is 22. The third-order valence-corrected chi connectivity index (χ3v) is 8.89. The van der Waals surface area contributed by atoms with Crippen LogP contribution in [0.4, 0.5) is 0 Å². The summed E-state index contributed by atoms with van der Waals surface area (Å²) in [6.45, 7) is 3.96. The molecule has 5 atom stereocenters. The molecule has 50 heavy (non-hydrogen) atoms. The highest BCUT2D eigenvalue weighted by atomic mass is 16.7. The fourth-order valence-electron chi connectivity index (χ4n) is 6.19. The van der Waals surface area contributed by atoms with E-state index in [1.165, 1.54) is 38.5 Å². The summed E-state index contributed by atoms with van der Waals surface area (Å²) in [5, 5.41) is 36.4. The standard InChI is InChI=1S/C39H57NO10/c1-4-5-6-7-8-9-10-11-12-13-20-25-33(42)40-35-38(46,36(44)47-27-30-21-16-14-17-22-30)34(43)32(26-41)50-39(35,49-29(2)3)37(45)48-28-31-23-18-15-19-24-31/h14-19,21-24,29,32,34-35,41,43,46H,4-13,20,25-28H2,1-3H3,(H,40,42)/t32-,34-,35-,38+,39-/m1/s1. The van der Waals surface area contributed by atoms with Crippen LogP contribution in [0.1, 0.15) is 109 Å². The number of ether oxygens (including phenoxy) is 4. The molecule has 1 aliphatic heterocycles. The maximum Gasteiger partial charge on any atom is 0.369 e. The van der Waals surface area contributed by atoms with Gasteiger partial charge < -0.3 is 39.6 Å². The molecule has 0 aliphatic carbocycles. The van der Waals surface area contributed by atoms with Gasteiger partial charge in [0.25, 0.3) is 5.79 Å². The summed E-state index contributed by atoms with van der Waals surface area (Å²) in [6, 6.07) is 15.4. The summed E-state index contributed by atoms with van der Waals surface area (Å²) >= 11 is 0. The van der Waals surface area contributed by atoms with Crippen LogP contribution in [0.25, 0.3) is 0 Å². The van der Waals surface area contributed by atoms with Gasteiger partial charge in [-0.05, 0) is 31.4 Å². The Kier molecular flexibility index (Phi) is 17.3. The maximum absolute atomic E-state index is 14.1. The molecule has 11 heteroatoms. The van der Waals surface area contributed by atoms with Crippen LogP contribution in [0, 0.1) is 0 Å². The van der Waals surface area contributed by atoms with Gasteiger partial charge in [0, 0.05) is 6.42 Å². The molecule has 2 aromatic rings. The maximum atomic E-state index is 14.1. The molecule has 4 N–H and O–H groups in total. The van der Waals surface area contributed by atoms with E-state index in [1.54, 1.807) is 74.5 Å². The number of hydrogen-bond donors (Lipinski definition) is 4. The molecule has 2 aromatic carbocycles. The van der Waals surface area contributed by atoms with Crippen molar-refractivity contribution in [2.45, 2.75) is 147 Å². The van der Waals surface area contributed by atoms with Gasteiger partial charge in [-0.1, -0.05) is 132 Å². The lowest BCUT2D eigenvalue weighted by molar-refractivity contribution is -0.351. The lowest BCUT2D eigenvalue weighted by Crippen LogP contribution is -2.81. The van der Waals surface area contributed by atoms with Gasteiger partial charge in [0.1, 0.15) is 31.5 Å². The average molecular weight is 700 g/mol. The van der Waals surface area contributed by atoms with E-state index < -0.39 is 60.2 Å². The molecule has 0 spiro atoms. The zero-order valence-electron chi connectivity index (χ0n) is 29.9. The van der Waals surface area contributed by atoms with E-state index in [4.69, 9.17) is 18.9 Å². The summed E-state index contributed by atoms with van der Waals surface area (Å²) in [6.07, 6.45) is 7.35. The Morgan fingerprint density at radius 3 is 1.74 bits per heavy atom. The van der Waals surface area contributed by atoms with E-state index in [0.29, 0.717) is 17.5 Å². The minimum absolute atomic E-state index is 0.0129. The number of esters is 2. The van der Waals surface area contributed by atoms with E-state index in [1.807, 2.05) is 0 Å². The zero-order chi connectivity index (χ0) is 36.4. The summed E-state index contributed by atoms with van der Waals surface area (Å²) in [7, 11) is 0. The predicted octanol–water partition coefficient (Wildman–Crippen LogP) is 5.26. The second kappa shape index (κ2) is 21.1. The van der Waals surface area contributed by atoms with Gasteiger partial charge in [-0.3, -0.25) is 4.79 Å². The number of benzene rings is 2. The first-order valence-electron chi connectivity index (χ1n) is 18.2. The van der Waals surface area contributed by atoms with Crippen LogP contribution in [0.3, 0.4) is 0 Å². The van der Waals surface area contributed by atoms with Crippen LogP contribution >= 0.6 is 0 Å². The fraction of sp³-hybridized carbons (Fsp3) is 0.615. The van der Waals surface area contributed by atoms with Crippen LogP contribution in [0.15, 0.2) is 60.7 Å². The highest BCUT2D eigenvalue weighted by Crippen LogP contribution is 2.41. The van der Waals surface area contributed by atoms with Crippen molar-refractivity contribution in [1.82, 2.24) is 5.32 Å². The highest BCUT2D eigenvalue weighted by Gasteiger charge is 2.71. The van der Waals surface area contributed by atoms with Gasteiger partial charge in [0.05, 0.1) is 12.7 Å². The summed E-state index contributed by atoms with van der Waals surface area (Å²) in [4.78, 5) is 41.5. The monoisotopic (exact) mass is 699 g/mol. The Hall–Kier alpha value is -3.35. The number of carbonyl (C=O) groups excluding carboxylic acids is 3. The molecule has 1 fully saturated rings. The summed E-state index contributed by atoms with van der Waals surface area (Å²) in [5.41, 5.74) is -1.79. The number of carbonyl (C=O) groups is 3. The largest absolute Gasteiger partial charge is 0.459 e. The number of aliphatic hydroxyl groups excluding tert-OH is 2. The van der Waals surface area contributed by atoms with Crippen molar-refractivity contribution in [3.63, 3.8) is 0 Å².